The first-order valence-electron chi connectivity index (χ1n) is 9.63. The average molecular weight is 500 g/mol. The van der Waals surface area contributed by atoms with Crippen molar-refractivity contribution in [2.24, 2.45) is 5.14 Å². The van der Waals surface area contributed by atoms with E-state index in [0.717, 1.165) is 11.3 Å². The van der Waals surface area contributed by atoms with Crippen LogP contribution in [-0.4, -0.2) is 34.8 Å². The van der Waals surface area contributed by atoms with Gasteiger partial charge in [0.2, 0.25) is 15.9 Å². The van der Waals surface area contributed by atoms with E-state index in [1.807, 2.05) is 47.0 Å². The van der Waals surface area contributed by atoms with Crippen molar-refractivity contribution >= 4 is 45.0 Å². The van der Waals surface area contributed by atoms with Crippen molar-refractivity contribution in [3.8, 4) is 17.1 Å². The number of sulfonamides is 1. The fourth-order valence-electron chi connectivity index (χ4n) is 3.04. The van der Waals surface area contributed by atoms with Gasteiger partial charge in [-0.25, -0.2) is 13.6 Å². The minimum atomic E-state index is -3.79. The SMILES string of the molecule is NS(=O)(=O)c1ccc(NC(=O)CSc2nnc(-c3cccc(Cl)c3)n2-c2ccccc2)cc1. The van der Waals surface area contributed by atoms with E-state index in [4.69, 9.17) is 16.7 Å². The monoisotopic (exact) mass is 499 g/mol. The lowest BCUT2D eigenvalue weighted by Gasteiger charge is -2.11. The van der Waals surface area contributed by atoms with Crippen molar-refractivity contribution in [3.05, 3.63) is 83.9 Å². The summed E-state index contributed by atoms with van der Waals surface area (Å²) < 4.78 is 24.6. The molecule has 3 aromatic carbocycles. The Morgan fingerprint density at radius 1 is 1.00 bits per heavy atom. The third kappa shape index (κ3) is 5.60. The minimum Gasteiger partial charge on any atom is -0.325 e. The first-order valence-corrected chi connectivity index (χ1v) is 12.5. The number of nitrogens with one attached hydrogen (secondary N) is 1. The van der Waals surface area contributed by atoms with Gasteiger partial charge in [-0.15, -0.1) is 10.2 Å². The molecule has 1 heterocycles. The smallest absolute Gasteiger partial charge is 0.238 e. The van der Waals surface area contributed by atoms with Gasteiger partial charge in [-0.3, -0.25) is 9.36 Å². The fourth-order valence-corrected chi connectivity index (χ4v) is 4.50. The number of carbonyl (C=O) groups excluding carboxylic acids is 1. The molecule has 4 rings (SSSR count). The second kappa shape index (κ2) is 9.75. The number of nitrogens with zero attached hydrogens (tertiary/aromatic N) is 3. The maximum atomic E-state index is 12.5. The topological polar surface area (TPSA) is 120 Å². The Balaban J connectivity index is 1.54. The van der Waals surface area contributed by atoms with Gasteiger partial charge in [-0.05, 0) is 48.5 Å². The molecule has 0 fully saturated rings. The third-order valence-electron chi connectivity index (χ3n) is 4.53. The van der Waals surface area contributed by atoms with Crippen LogP contribution in [0.1, 0.15) is 0 Å². The molecule has 0 unspecified atom stereocenters. The number of anilines is 1. The summed E-state index contributed by atoms with van der Waals surface area (Å²) in [6, 6.07) is 22.5. The molecule has 0 aliphatic carbocycles. The first-order chi connectivity index (χ1) is 15.8. The van der Waals surface area contributed by atoms with Crippen LogP contribution in [0.4, 0.5) is 5.69 Å². The van der Waals surface area contributed by atoms with E-state index >= 15 is 0 Å². The highest BCUT2D eigenvalue weighted by Gasteiger charge is 2.17. The Hall–Kier alpha value is -3.18. The van der Waals surface area contributed by atoms with Gasteiger partial charge in [-0.1, -0.05) is 53.7 Å². The number of amides is 1. The van der Waals surface area contributed by atoms with Crippen molar-refractivity contribution < 1.29 is 13.2 Å². The van der Waals surface area contributed by atoms with E-state index in [9.17, 15) is 13.2 Å². The van der Waals surface area contributed by atoms with Crippen LogP contribution in [0.2, 0.25) is 5.02 Å². The lowest BCUT2D eigenvalue weighted by molar-refractivity contribution is -0.113. The average Bonchev–Trinajstić information content (AvgIpc) is 3.22. The Kier molecular flexibility index (Phi) is 6.80. The van der Waals surface area contributed by atoms with E-state index in [-0.39, 0.29) is 16.6 Å². The molecule has 0 atom stereocenters. The lowest BCUT2D eigenvalue weighted by Crippen LogP contribution is -2.15. The number of carbonyl (C=O) groups is 1. The number of thioether (sulfide) groups is 1. The van der Waals surface area contributed by atoms with Gasteiger partial charge in [0.1, 0.15) is 0 Å². The molecule has 3 N–H and O–H groups in total. The fraction of sp³-hybridized carbons (Fsp3) is 0.0455. The summed E-state index contributed by atoms with van der Waals surface area (Å²) in [5, 5.41) is 17.6. The van der Waals surface area contributed by atoms with Crippen LogP contribution in [0.3, 0.4) is 0 Å². The predicted molar refractivity (Wildman–Crippen MR) is 129 cm³/mol. The summed E-state index contributed by atoms with van der Waals surface area (Å²) in [5.74, 6) is 0.387. The van der Waals surface area contributed by atoms with Crippen molar-refractivity contribution in [3.63, 3.8) is 0 Å². The minimum absolute atomic E-state index is 0.0284. The van der Waals surface area contributed by atoms with Crippen molar-refractivity contribution in [2.45, 2.75) is 10.1 Å². The Morgan fingerprint density at radius 2 is 1.73 bits per heavy atom. The molecule has 0 bridgehead atoms. The van der Waals surface area contributed by atoms with Crippen LogP contribution in [-0.2, 0) is 14.8 Å². The molecule has 0 aliphatic heterocycles. The second-order valence-corrected chi connectivity index (χ2v) is 9.83. The van der Waals surface area contributed by atoms with Gasteiger partial charge in [0, 0.05) is 22.0 Å². The first kappa shape index (κ1) is 23.0. The predicted octanol–water partition coefficient (Wildman–Crippen LogP) is 3.97. The molecular formula is C22H18ClN5O3S2. The third-order valence-corrected chi connectivity index (χ3v) is 6.62. The van der Waals surface area contributed by atoms with Crippen LogP contribution < -0.4 is 10.5 Å². The van der Waals surface area contributed by atoms with Gasteiger partial charge >= 0.3 is 0 Å². The van der Waals surface area contributed by atoms with Crippen LogP contribution in [0.25, 0.3) is 17.1 Å². The van der Waals surface area contributed by atoms with Crippen LogP contribution in [0.5, 0.6) is 0 Å². The number of para-hydroxylation sites is 1. The highest BCUT2D eigenvalue weighted by molar-refractivity contribution is 7.99. The summed E-state index contributed by atoms with van der Waals surface area (Å²) >= 11 is 7.38. The maximum absolute atomic E-state index is 12.5. The Labute approximate surface area is 199 Å². The lowest BCUT2D eigenvalue weighted by atomic mass is 10.2. The summed E-state index contributed by atoms with van der Waals surface area (Å²) in [4.78, 5) is 12.5. The molecular weight excluding hydrogens is 482 g/mol. The second-order valence-electron chi connectivity index (χ2n) is 6.89. The van der Waals surface area contributed by atoms with E-state index in [1.54, 1.807) is 12.1 Å². The van der Waals surface area contributed by atoms with Crippen LogP contribution >= 0.6 is 23.4 Å². The van der Waals surface area contributed by atoms with E-state index in [1.165, 1.54) is 36.0 Å². The number of benzene rings is 3. The summed E-state index contributed by atoms with van der Waals surface area (Å²) in [5.41, 5.74) is 2.10. The van der Waals surface area contributed by atoms with Gasteiger partial charge in [-0.2, -0.15) is 0 Å². The van der Waals surface area contributed by atoms with Gasteiger partial charge in [0.15, 0.2) is 11.0 Å². The molecule has 8 nitrogen and oxygen atoms in total. The highest BCUT2D eigenvalue weighted by atomic mass is 35.5. The maximum Gasteiger partial charge on any atom is 0.238 e. The molecule has 0 aliphatic rings. The van der Waals surface area contributed by atoms with Gasteiger partial charge < -0.3 is 5.32 Å². The number of hydrogen-bond acceptors (Lipinski definition) is 6. The quantitative estimate of drug-likeness (QED) is 0.371. The molecule has 1 amide bonds. The molecule has 168 valence electrons. The molecule has 1 aromatic heterocycles. The summed E-state index contributed by atoms with van der Waals surface area (Å²) in [6.45, 7) is 0. The van der Waals surface area contributed by atoms with Crippen LogP contribution in [0.15, 0.2) is 88.9 Å². The van der Waals surface area contributed by atoms with Crippen molar-refractivity contribution in [2.75, 3.05) is 11.1 Å². The van der Waals surface area contributed by atoms with Crippen molar-refractivity contribution in [1.29, 1.82) is 0 Å². The number of rotatable bonds is 7. The number of hydrogen-bond donors (Lipinski definition) is 2. The zero-order valence-electron chi connectivity index (χ0n) is 17.1. The largest absolute Gasteiger partial charge is 0.325 e. The number of aromatic nitrogens is 3. The number of nitrogens with two attached hydrogens (primary N) is 1. The Bertz CT molecular complexity index is 1390. The van der Waals surface area contributed by atoms with Gasteiger partial charge in [0.25, 0.3) is 0 Å². The molecule has 4 aromatic rings. The van der Waals surface area contributed by atoms with Crippen LogP contribution in [0, 0.1) is 0 Å². The van der Waals surface area contributed by atoms with E-state index < -0.39 is 10.0 Å². The normalized spacial score (nSPS) is 11.3. The molecule has 0 saturated carbocycles. The Morgan fingerprint density at radius 3 is 2.39 bits per heavy atom. The zero-order chi connectivity index (χ0) is 23.4. The highest BCUT2D eigenvalue weighted by Crippen LogP contribution is 2.29. The standard InChI is InChI=1S/C22H18ClN5O3S2/c23-16-6-4-5-15(13-16)21-26-27-22(28(21)18-7-2-1-3-8-18)32-14-20(29)25-17-9-11-19(12-10-17)33(24,30)31/h1-13H,14H2,(H,25,29)(H2,24,30,31). The number of halogens is 1. The van der Waals surface area contributed by atoms with Gasteiger partial charge in [0.05, 0.1) is 10.6 Å². The summed E-state index contributed by atoms with van der Waals surface area (Å²) in [6.07, 6.45) is 0. The van der Waals surface area contributed by atoms with E-state index in [2.05, 4.69) is 15.5 Å². The molecule has 11 heteroatoms. The van der Waals surface area contributed by atoms with E-state index in [0.29, 0.717) is 21.7 Å². The molecule has 0 saturated heterocycles. The number of primary sulfonamides is 1. The zero-order valence-corrected chi connectivity index (χ0v) is 19.4. The molecule has 0 spiro atoms. The molecule has 33 heavy (non-hydrogen) atoms. The molecule has 0 radical (unpaired) electrons. The summed E-state index contributed by atoms with van der Waals surface area (Å²) in [7, 11) is -3.79. The van der Waals surface area contributed by atoms with Crippen molar-refractivity contribution in [1.82, 2.24) is 14.8 Å².